The first kappa shape index (κ1) is 35.9. The van der Waals surface area contributed by atoms with Crippen LogP contribution in [0.3, 0.4) is 0 Å². The van der Waals surface area contributed by atoms with Crippen LogP contribution in [0.15, 0.2) is 47.0 Å². The average molecular weight is 734 g/mol. The van der Waals surface area contributed by atoms with Gasteiger partial charge in [-0.1, -0.05) is 51.0 Å². The zero-order valence-corrected chi connectivity index (χ0v) is 32.1. The van der Waals surface area contributed by atoms with Crippen LogP contribution in [0.1, 0.15) is 98.0 Å². The van der Waals surface area contributed by atoms with Crippen molar-refractivity contribution in [1.29, 1.82) is 5.41 Å². The van der Waals surface area contributed by atoms with Crippen molar-refractivity contribution in [3.05, 3.63) is 58.7 Å². The molecule has 1 aromatic heterocycles. The number of nitrogens with one attached hydrogen (secondary N) is 2. The number of rotatable bonds is 7. The second-order valence-electron chi connectivity index (χ2n) is 15.6. The Labute approximate surface area is 316 Å². The summed E-state index contributed by atoms with van der Waals surface area (Å²) in [5.41, 5.74) is 14.2. The van der Waals surface area contributed by atoms with Crippen LogP contribution in [-0.2, 0) is 21.8 Å². The lowest BCUT2D eigenvalue weighted by molar-refractivity contribution is -0.134. The molecule has 3 aliphatic heterocycles. The molecule has 2 saturated carbocycles. The van der Waals surface area contributed by atoms with E-state index in [9.17, 15) is 9.59 Å². The number of carbonyl (C=O) groups excluding carboxylic acids is 2. The van der Waals surface area contributed by atoms with Gasteiger partial charge in [-0.3, -0.25) is 19.5 Å². The van der Waals surface area contributed by atoms with E-state index in [2.05, 4.69) is 38.5 Å². The van der Waals surface area contributed by atoms with Gasteiger partial charge in [0, 0.05) is 61.0 Å². The number of carbonyl (C=O) groups is 2. The molecule has 4 fully saturated rings. The molecular formula is C43H53N6O3S-. The van der Waals surface area contributed by atoms with Crippen LogP contribution in [0.2, 0.25) is 0 Å². The van der Waals surface area contributed by atoms with Crippen LogP contribution < -0.4 is 9.46 Å². The summed E-state index contributed by atoms with van der Waals surface area (Å²) >= 11 is 0. The maximum atomic E-state index is 14.3. The van der Waals surface area contributed by atoms with E-state index in [-0.39, 0.29) is 11.8 Å². The Morgan fingerprint density at radius 3 is 2.55 bits per heavy atom. The van der Waals surface area contributed by atoms with E-state index in [0.717, 1.165) is 84.2 Å². The molecule has 2 amide bonds. The number of hydrogen-bond donors (Lipinski definition) is 2. The molecule has 2 saturated heterocycles. The first-order valence-corrected chi connectivity index (χ1v) is 21.1. The highest BCUT2D eigenvalue weighted by Gasteiger charge is 2.37. The van der Waals surface area contributed by atoms with Crippen molar-refractivity contribution in [1.82, 2.24) is 19.1 Å². The van der Waals surface area contributed by atoms with Gasteiger partial charge in [0.25, 0.3) is 0 Å². The molecule has 2 atom stereocenters. The van der Waals surface area contributed by atoms with E-state index >= 15 is 0 Å². The molecule has 2 aliphatic carbocycles. The van der Waals surface area contributed by atoms with Crippen molar-refractivity contribution in [2.24, 2.45) is 10.9 Å². The van der Waals surface area contributed by atoms with Gasteiger partial charge in [0.2, 0.25) is 11.8 Å². The van der Waals surface area contributed by atoms with E-state index in [1.54, 1.807) is 14.2 Å². The minimum Gasteiger partial charge on any atom is -0.497 e. The van der Waals surface area contributed by atoms with Gasteiger partial charge in [-0.25, -0.2) is 0 Å². The Kier molecular flexibility index (Phi) is 10.4. The smallest absolute Gasteiger partial charge is 0.237 e. The number of benzene rings is 2. The third-order valence-electron chi connectivity index (χ3n) is 12.6. The second-order valence-corrected chi connectivity index (χ2v) is 17.2. The van der Waals surface area contributed by atoms with Crippen LogP contribution in [0, 0.1) is 17.0 Å². The van der Waals surface area contributed by atoms with Crippen molar-refractivity contribution >= 4 is 51.2 Å². The van der Waals surface area contributed by atoms with E-state index in [1.807, 2.05) is 23.1 Å². The van der Waals surface area contributed by atoms with Gasteiger partial charge in [-0.05, 0) is 91.3 Å². The number of aromatic nitrogens is 1. The molecule has 8 rings (SSSR count). The largest absolute Gasteiger partial charge is 0.497 e. The predicted molar refractivity (Wildman–Crippen MR) is 217 cm³/mol. The molecule has 0 spiro atoms. The molecule has 53 heavy (non-hydrogen) atoms. The van der Waals surface area contributed by atoms with Crippen molar-refractivity contribution in [2.45, 2.75) is 94.4 Å². The third-order valence-corrected chi connectivity index (χ3v) is 14.2. The summed E-state index contributed by atoms with van der Waals surface area (Å²) in [7, 11) is 2.75. The number of methoxy groups -OCH3 is 1. The molecule has 3 aromatic rings. The topological polar surface area (TPSA) is 103 Å². The molecule has 2 N–H and O–H groups in total. The highest BCUT2D eigenvalue weighted by molar-refractivity contribution is 7.85. The number of aliphatic imine (C=N–C) groups is 1. The summed E-state index contributed by atoms with van der Waals surface area (Å²) in [6, 6.07) is 12.8. The van der Waals surface area contributed by atoms with Crippen molar-refractivity contribution in [3.63, 3.8) is 0 Å². The molecule has 10 heteroatoms. The summed E-state index contributed by atoms with van der Waals surface area (Å²) in [4.78, 5) is 37.4. The summed E-state index contributed by atoms with van der Waals surface area (Å²) in [5.74, 6) is 0.156. The van der Waals surface area contributed by atoms with E-state index in [0.29, 0.717) is 48.1 Å². The number of ether oxygens (including phenoxy) is 1. The van der Waals surface area contributed by atoms with Crippen molar-refractivity contribution in [2.75, 3.05) is 40.3 Å². The van der Waals surface area contributed by atoms with Gasteiger partial charge in [0.15, 0.2) is 0 Å². The lowest BCUT2D eigenvalue weighted by Gasteiger charge is -2.38. The SMILES string of the molecule is C#[S-](NC(=O)c1ccc2c(C3CCCCC3)c3n(c2c1)CC(C(=NC)C(C=N)C(=O)N1CCN2CCCC2C1)=Cc1cc(OC)ccc1-3)C1CCCC1. The Bertz CT molecular complexity index is 2060. The number of allylic oxidation sites excluding steroid dienone is 1. The number of piperazine rings is 1. The highest BCUT2D eigenvalue weighted by Crippen LogP contribution is 2.47. The molecule has 5 aliphatic rings. The van der Waals surface area contributed by atoms with E-state index in [4.69, 9.17) is 20.8 Å². The summed E-state index contributed by atoms with van der Waals surface area (Å²) < 4.78 is 11.3. The van der Waals surface area contributed by atoms with Crippen LogP contribution in [0.5, 0.6) is 5.75 Å². The first-order valence-electron chi connectivity index (χ1n) is 19.7. The Morgan fingerprint density at radius 1 is 1.00 bits per heavy atom. The van der Waals surface area contributed by atoms with Crippen molar-refractivity contribution < 1.29 is 14.3 Å². The number of fused-ring (bicyclic) bond motifs is 6. The maximum absolute atomic E-state index is 14.3. The van der Waals surface area contributed by atoms with Gasteiger partial charge in [0.1, 0.15) is 11.7 Å². The number of nitrogens with zero attached hydrogens (tertiary/aromatic N) is 4. The standard InChI is InChI=1S/C43H53N6O3S/c1-45-40(37(25-44)43(51)48-21-20-47-19-9-12-32(47)27-48)31-22-30-23-33(52-2)16-18-35(30)41-39(28-10-5-4-6-11-28)36-17-15-29(24-38(36)49(41)26-31)42(50)46-53(3)34-13-7-8-14-34/h3,15-18,22-25,28,32,34,37,44H,4-14,19-21,26-27H2,1-2H3,(H,46,50)/q-1. The van der Waals surface area contributed by atoms with Crippen molar-refractivity contribution in [3.8, 4) is 22.7 Å². The Morgan fingerprint density at radius 2 is 1.79 bits per heavy atom. The number of hydrogen-bond acceptors (Lipinski definition) is 7. The van der Waals surface area contributed by atoms with Crippen LogP contribution in [0.4, 0.5) is 0 Å². The summed E-state index contributed by atoms with van der Waals surface area (Å²) in [6.07, 6.45) is 16.1. The zero-order valence-electron chi connectivity index (χ0n) is 31.2. The number of amides is 2. The lowest BCUT2D eigenvalue weighted by atomic mass is 9.81. The van der Waals surface area contributed by atoms with Crippen LogP contribution in [0.25, 0.3) is 28.2 Å². The Hall–Kier alpha value is -4.11. The molecule has 9 nitrogen and oxygen atoms in total. The monoisotopic (exact) mass is 733 g/mol. The summed E-state index contributed by atoms with van der Waals surface area (Å²) in [6.45, 7) is 3.80. The molecule has 280 valence electrons. The Balaban J connectivity index is 1.24. The van der Waals surface area contributed by atoms with E-state index < -0.39 is 16.4 Å². The van der Waals surface area contributed by atoms with Gasteiger partial charge in [-0.15, -0.1) is 5.25 Å². The molecule has 0 bridgehead atoms. The van der Waals surface area contributed by atoms with Gasteiger partial charge < -0.3 is 40.5 Å². The second kappa shape index (κ2) is 15.3. The predicted octanol–water partition coefficient (Wildman–Crippen LogP) is 7.20. The van der Waals surface area contributed by atoms with Gasteiger partial charge in [-0.2, -0.15) is 0 Å². The summed E-state index contributed by atoms with van der Waals surface area (Å²) in [5, 5.41) is 10.1. The fourth-order valence-electron chi connectivity index (χ4n) is 9.87. The first-order chi connectivity index (χ1) is 25.9. The quantitative estimate of drug-likeness (QED) is 0.198. The zero-order chi connectivity index (χ0) is 36.6. The molecule has 0 radical (unpaired) electrons. The fourth-order valence-corrected chi connectivity index (χ4v) is 11.2. The molecule has 4 heterocycles. The normalized spacial score (nSPS) is 21.8. The molecular weight excluding hydrogens is 681 g/mol. The minimum absolute atomic E-state index is 0.0537. The highest BCUT2D eigenvalue weighted by atomic mass is 32.2. The van der Waals surface area contributed by atoms with Crippen LogP contribution >= 0.6 is 0 Å². The van der Waals surface area contributed by atoms with Crippen LogP contribution in [-0.4, -0.2) is 89.7 Å². The van der Waals surface area contributed by atoms with Gasteiger partial charge >= 0.3 is 0 Å². The maximum Gasteiger partial charge on any atom is 0.237 e. The molecule has 2 unspecified atom stereocenters. The fraction of sp³-hybridized carbons (Fsp3) is 0.512. The minimum atomic E-state index is -0.797. The van der Waals surface area contributed by atoms with Gasteiger partial charge in [0.05, 0.1) is 25.1 Å². The average Bonchev–Trinajstić information content (AvgIpc) is 3.94. The van der Waals surface area contributed by atoms with E-state index in [1.165, 1.54) is 50.3 Å². The lowest BCUT2D eigenvalue weighted by Crippen LogP contribution is -2.54. The molecule has 2 aromatic carbocycles. The third kappa shape index (κ3) is 6.79.